The monoisotopic (exact) mass is 352 g/mol. The van der Waals surface area contributed by atoms with Crippen LogP contribution in [0.3, 0.4) is 0 Å². The molecule has 1 aliphatic heterocycles. The number of alkyl halides is 3. The maximum Gasteiger partial charge on any atom is 0.391 e. The first kappa shape index (κ1) is 17.3. The summed E-state index contributed by atoms with van der Waals surface area (Å²) in [5.41, 5.74) is 1.73. The number of benzene rings is 1. The van der Waals surface area contributed by atoms with Crippen LogP contribution in [-0.2, 0) is 0 Å². The van der Waals surface area contributed by atoms with Gasteiger partial charge in [-0.25, -0.2) is 0 Å². The van der Waals surface area contributed by atoms with Crippen LogP contribution in [0, 0.1) is 11.3 Å². The van der Waals surface area contributed by atoms with Crippen molar-refractivity contribution in [2.75, 3.05) is 26.2 Å². The zero-order chi connectivity index (χ0) is 17.5. The van der Waals surface area contributed by atoms with Crippen molar-refractivity contribution in [3.63, 3.8) is 0 Å². The van der Waals surface area contributed by atoms with Gasteiger partial charge in [0, 0.05) is 25.0 Å². The van der Waals surface area contributed by atoms with Crippen LogP contribution in [0.25, 0.3) is 0 Å². The maximum absolute atomic E-state index is 12.8. The molecule has 2 nitrogen and oxygen atoms in total. The number of rotatable bonds is 6. The van der Waals surface area contributed by atoms with Gasteiger partial charge in [-0.05, 0) is 56.2 Å². The van der Waals surface area contributed by atoms with Crippen molar-refractivity contribution in [2.45, 2.75) is 50.2 Å². The van der Waals surface area contributed by atoms with Crippen molar-refractivity contribution in [3.8, 4) is 0 Å². The van der Waals surface area contributed by atoms with Crippen LogP contribution < -0.4 is 5.32 Å². The van der Waals surface area contributed by atoms with Gasteiger partial charge in [-0.3, -0.25) is 0 Å². The van der Waals surface area contributed by atoms with Gasteiger partial charge in [0.2, 0.25) is 0 Å². The summed E-state index contributed by atoms with van der Waals surface area (Å²) >= 11 is 0. The predicted molar refractivity (Wildman–Crippen MR) is 92.5 cm³/mol. The maximum atomic E-state index is 12.8. The second-order valence-electron chi connectivity index (χ2n) is 8.33. The fourth-order valence-electron chi connectivity index (χ4n) is 4.30. The van der Waals surface area contributed by atoms with E-state index in [1.807, 2.05) is 0 Å². The van der Waals surface area contributed by atoms with Gasteiger partial charge < -0.3 is 10.2 Å². The molecule has 2 saturated carbocycles. The van der Waals surface area contributed by atoms with Crippen LogP contribution in [0.15, 0.2) is 30.3 Å². The van der Waals surface area contributed by atoms with Crippen LogP contribution in [0.2, 0.25) is 0 Å². The molecule has 0 amide bonds. The molecule has 2 atom stereocenters. The Morgan fingerprint density at radius 1 is 1.08 bits per heavy atom. The molecule has 3 aliphatic rings. The fraction of sp³-hybridized carbons (Fsp3) is 0.700. The number of hydrogen-bond donors (Lipinski definition) is 1. The number of nitrogens with zero attached hydrogens (tertiary/aromatic N) is 1. The Morgan fingerprint density at radius 2 is 1.76 bits per heavy atom. The molecule has 5 heteroatoms. The highest BCUT2D eigenvalue weighted by atomic mass is 19.4. The molecule has 0 aromatic heterocycles. The molecule has 1 heterocycles. The van der Waals surface area contributed by atoms with Gasteiger partial charge in [0.25, 0.3) is 0 Å². The van der Waals surface area contributed by atoms with Gasteiger partial charge >= 0.3 is 6.18 Å². The summed E-state index contributed by atoms with van der Waals surface area (Å²) in [6.07, 6.45) is 0.154. The molecule has 0 unspecified atom stereocenters. The van der Waals surface area contributed by atoms with Gasteiger partial charge in [0.05, 0.1) is 5.92 Å². The first-order chi connectivity index (χ1) is 12.0. The molecule has 1 N–H and O–H groups in total. The average molecular weight is 352 g/mol. The minimum atomic E-state index is -4.01. The van der Waals surface area contributed by atoms with Crippen LogP contribution >= 0.6 is 0 Å². The van der Waals surface area contributed by atoms with E-state index in [4.69, 9.17) is 0 Å². The number of nitrogens with one attached hydrogen (secondary N) is 1. The molecule has 2 aliphatic carbocycles. The van der Waals surface area contributed by atoms with Crippen molar-refractivity contribution in [1.82, 2.24) is 10.2 Å². The van der Waals surface area contributed by atoms with E-state index in [2.05, 4.69) is 40.5 Å². The molecule has 0 spiro atoms. The van der Waals surface area contributed by atoms with Gasteiger partial charge in [0.1, 0.15) is 0 Å². The Labute approximate surface area is 147 Å². The highest BCUT2D eigenvalue weighted by molar-refractivity contribution is 5.27. The number of piperidine rings is 1. The summed E-state index contributed by atoms with van der Waals surface area (Å²) in [6.45, 7) is 3.18. The van der Waals surface area contributed by atoms with E-state index in [0.29, 0.717) is 30.5 Å². The minimum absolute atomic E-state index is 0.270. The minimum Gasteiger partial charge on any atom is -0.313 e. The third-order valence-corrected chi connectivity index (χ3v) is 6.32. The van der Waals surface area contributed by atoms with Crippen molar-refractivity contribution < 1.29 is 13.2 Å². The second kappa shape index (κ2) is 6.58. The lowest BCUT2D eigenvalue weighted by Crippen LogP contribution is -2.43. The molecule has 4 rings (SSSR count). The lowest BCUT2D eigenvalue weighted by Gasteiger charge is -2.35. The van der Waals surface area contributed by atoms with E-state index in [1.54, 1.807) is 0 Å². The van der Waals surface area contributed by atoms with Gasteiger partial charge in [-0.1, -0.05) is 30.3 Å². The van der Waals surface area contributed by atoms with E-state index in [1.165, 1.54) is 24.8 Å². The molecule has 25 heavy (non-hydrogen) atoms. The Kier molecular flexibility index (Phi) is 4.57. The molecule has 1 aromatic carbocycles. The average Bonchev–Trinajstić information content (AvgIpc) is 3.50. The van der Waals surface area contributed by atoms with Gasteiger partial charge in [0.15, 0.2) is 0 Å². The predicted octanol–water partition coefficient (Wildman–Crippen LogP) is 4.19. The highest BCUT2D eigenvalue weighted by Gasteiger charge is 2.48. The number of hydrogen-bond acceptors (Lipinski definition) is 2. The standard InChI is InChI=1S/C20H27F3N2/c21-20(22,23)16-6-10-25(11-7-16)14-19(8-9-19)13-24-18-12-17(18)15-4-2-1-3-5-15/h1-5,16-18,24H,6-14H2/t17-,18+/m1/s1. The molecule has 0 radical (unpaired) electrons. The Balaban J connectivity index is 1.21. The molecular weight excluding hydrogens is 325 g/mol. The lowest BCUT2D eigenvalue weighted by atomic mass is 9.95. The van der Waals surface area contributed by atoms with Crippen LogP contribution in [0.4, 0.5) is 13.2 Å². The topological polar surface area (TPSA) is 15.3 Å². The summed E-state index contributed by atoms with van der Waals surface area (Å²) in [7, 11) is 0. The van der Waals surface area contributed by atoms with Crippen molar-refractivity contribution in [2.24, 2.45) is 11.3 Å². The van der Waals surface area contributed by atoms with Gasteiger partial charge in [-0.15, -0.1) is 0 Å². The zero-order valence-electron chi connectivity index (χ0n) is 14.6. The smallest absolute Gasteiger partial charge is 0.313 e. The van der Waals surface area contributed by atoms with Crippen LogP contribution in [0.5, 0.6) is 0 Å². The Hall–Kier alpha value is -1.07. The first-order valence-corrected chi connectivity index (χ1v) is 9.53. The SMILES string of the molecule is FC(F)(F)C1CCN(CC2(CN[C@H]3C[C@@H]3c3ccccc3)CC2)CC1. The van der Waals surface area contributed by atoms with Crippen molar-refractivity contribution in [3.05, 3.63) is 35.9 Å². The fourth-order valence-corrected chi connectivity index (χ4v) is 4.30. The Bertz CT molecular complexity index is 574. The van der Waals surface area contributed by atoms with Crippen LogP contribution in [0.1, 0.15) is 43.6 Å². The molecule has 3 fully saturated rings. The summed E-state index contributed by atoms with van der Waals surface area (Å²) in [6, 6.07) is 11.2. The molecular formula is C20H27F3N2. The largest absolute Gasteiger partial charge is 0.391 e. The van der Waals surface area contributed by atoms with E-state index in [-0.39, 0.29) is 12.8 Å². The normalized spacial score (nSPS) is 29.6. The third-order valence-electron chi connectivity index (χ3n) is 6.32. The Morgan fingerprint density at radius 3 is 2.36 bits per heavy atom. The zero-order valence-corrected chi connectivity index (χ0v) is 14.6. The van der Waals surface area contributed by atoms with Crippen molar-refractivity contribution in [1.29, 1.82) is 0 Å². The third kappa shape index (κ3) is 4.20. The first-order valence-electron chi connectivity index (χ1n) is 9.53. The lowest BCUT2D eigenvalue weighted by molar-refractivity contribution is -0.185. The molecule has 1 aromatic rings. The molecule has 1 saturated heterocycles. The molecule has 0 bridgehead atoms. The quantitative estimate of drug-likeness (QED) is 0.826. The summed E-state index contributed by atoms with van der Waals surface area (Å²) < 4.78 is 38.3. The molecule has 138 valence electrons. The van der Waals surface area contributed by atoms with E-state index >= 15 is 0 Å². The van der Waals surface area contributed by atoms with Crippen LogP contribution in [-0.4, -0.2) is 43.3 Å². The highest BCUT2D eigenvalue weighted by Crippen LogP contribution is 2.48. The second-order valence-corrected chi connectivity index (χ2v) is 8.33. The van der Waals surface area contributed by atoms with Gasteiger partial charge in [-0.2, -0.15) is 13.2 Å². The number of likely N-dealkylation sites (tertiary alicyclic amines) is 1. The van der Waals surface area contributed by atoms with E-state index in [9.17, 15) is 13.2 Å². The number of halogens is 3. The van der Waals surface area contributed by atoms with E-state index < -0.39 is 12.1 Å². The summed E-state index contributed by atoms with van der Waals surface area (Å²) in [4.78, 5) is 2.26. The van der Waals surface area contributed by atoms with Crippen molar-refractivity contribution >= 4 is 0 Å². The van der Waals surface area contributed by atoms with E-state index in [0.717, 1.165) is 13.1 Å². The summed E-state index contributed by atoms with van der Waals surface area (Å²) in [5.74, 6) is -0.449. The summed E-state index contributed by atoms with van der Waals surface area (Å²) in [5, 5.41) is 3.72.